The van der Waals surface area contributed by atoms with Crippen LogP contribution in [-0.2, 0) is 16.0 Å². The number of nitrogens with zero attached hydrogens (tertiary/aromatic N) is 1. The second-order valence-electron chi connectivity index (χ2n) is 4.31. The van der Waals surface area contributed by atoms with Gasteiger partial charge in [-0.05, 0) is 5.56 Å². The molecule has 2 rings (SSSR count). The number of carbonyl (C=O) groups excluding carboxylic acids is 2. The van der Waals surface area contributed by atoms with Gasteiger partial charge in [0.1, 0.15) is 6.04 Å². The van der Waals surface area contributed by atoms with Crippen LogP contribution in [0.25, 0.3) is 0 Å². The number of hydrogen-bond donors (Lipinski definition) is 1. The molecule has 0 aliphatic carbocycles. The number of nitrogens with one attached hydrogen (secondary N) is 1. The Hall–Kier alpha value is -2.10. The molecule has 0 aromatic heterocycles. The van der Waals surface area contributed by atoms with Crippen LogP contribution < -0.4 is 5.32 Å². The number of amides is 2. The molecule has 1 saturated heterocycles. The number of benzene rings is 1. The van der Waals surface area contributed by atoms with Crippen molar-refractivity contribution in [2.24, 2.45) is 0 Å². The molecule has 0 radical (unpaired) electrons. The largest absolute Gasteiger partial charge is 0.342 e. The van der Waals surface area contributed by atoms with Crippen LogP contribution >= 0.6 is 0 Å². The molecule has 2 amide bonds. The van der Waals surface area contributed by atoms with Crippen LogP contribution in [0.2, 0.25) is 0 Å². The summed E-state index contributed by atoms with van der Waals surface area (Å²) in [5.74, 6) is -0.144. The van der Waals surface area contributed by atoms with E-state index in [-0.39, 0.29) is 17.9 Å². The summed E-state index contributed by atoms with van der Waals surface area (Å²) in [5.41, 5.74) is 0.949. The summed E-state index contributed by atoms with van der Waals surface area (Å²) < 4.78 is 0. The van der Waals surface area contributed by atoms with Crippen LogP contribution in [0, 0.1) is 0 Å². The molecular formula is C14H16N2O2. The molecule has 1 atom stereocenters. The van der Waals surface area contributed by atoms with Gasteiger partial charge in [0.2, 0.25) is 11.8 Å². The highest BCUT2D eigenvalue weighted by molar-refractivity contribution is 5.92. The number of rotatable bonds is 5. The SMILES string of the molecule is C=CCN1CC(NC(=O)Cc2ccccc2)C1=O. The van der Waals surface area contributed by atoms with Crippen molar-refractivity contribution in [2.75, 3.05) is 13.1 Å². The maximum Gasteiger partial charge on any atom is 0.247 e. The molecule has 4 heteroatoms. The zero-order valence-corrected chi connectivity index (χ0v) is 10.1. The van der Waals surface area contributed by atoms with Crippen molar-refractivity contribution in [1.29, 1.82) is 0 Å². The van der Waals surface area contributed by atoms with Crippen molar-refractivity contribution in [2.45, 2.75) is 12.5 Å². The predicted molar refractivity (Wildman–Crippen MR) is 68.9 cm³/mol. The molecule has 1 fully saturated rings. The van der Waals surface area contributed by atoms with Gasteiger partial charge in [-0.3, -0.25) is 9.59 Å². The Morgan fingerprint density at radius 3 is 2.78 bits per heavy atom. The van der Waals surface area contributed by atoms with Gasteiger partial charge in [0.25, 0.3) is 0 Å². The standard InChI is InChI=1S/C14H16N2O2/c1-2-8-16-10-12(14(16)18)15-13(17)9-11-6-4-3-5-7-11/h2-7,12H,1,8-10H2,(H,15,17). The summed E-state index contributed by atoms with van der Waals surface area (Å²) in [4.78, 5) is 25.0. The molecule has 0 bridgehead atoms. The quantitative estimate of drug-likeness (QED) is 0.613. The summed E-state index contributed by atoms with van der Waals surface area (Å²) in [7, 11) is 0. The second-order valence-corrected chi connectivity index (χ2v) is 4.31. The van der Waals surface area contributed by atoms with E-state index >= 15 is 0 Å². The third kappa shape index (κ3) is 2.77. The Morgan fingerprint density at radius 1 is 1.44 bits per heavy atom. The van der Waals surface area contributed by atoms with E-state index in [2.05, 4.69) is 11.9 Å². The first-order chi connectivity index (χ1) is 8.70. The predicted octanol–water partition coefficient (Wildman–Crippen LogP) is 0.742. The number of carbonyl (C=O) groups is 2. The highest BCUT2D eigenvalue weighted by Crippen LogP contribution is 2.10. The Bertz CT molecular complexity index is 456. The van der Waals surface area contributed by atoms with Gasteiger partial charge < -0.3 is 10.2 Å². The van der Waals surface area contributed by atoms with Gasteiger partial charge in [0.15, 0.2) is 0 Å². The lowest BCUT2D eigenvalue weighted by molar-refractivity contribution is -0.145. The fraction of sp³-hybridized carbons (Fsp3) is 0.286. The van der Waals surface area contributed by atoms with Gasteiger partial charge in [-0.25, -0.2) is 0 Å². The van der Waals surface area contributed by atoms with Crippen molar-refractivity contribution < 1.29 is 9.59 Å². The van der Waals surface area contributed by atoms with Crippen molar-refractivity contribution in [3.8, 4) is 0 Å². The third-order valence-corrected chi connectivity index (χ3v) is 2.90. The first kappa shape index (κ1) is 12.4. The number of likely N-dealkylation sites (tertiary alicyclic amines) is 1. The smallest absolute Gasteiger partial charge is 0.247 e. The summed E-state index contributed by atoms with van der Waals surface area (Å²) >= 11 is 0. The minimum absolute atomic E-state index is 0.0312. The van der Waals surface area contributed by atoms with Crippen LogP contribution in [0.3, 0.4) is 0 Å². The summed E-state index contributed by atoms with van der Waals surface area (Å²) in [6, 6.07) is 9.12. The van der Waals surface area contributed by atoms with E-state index in [4.69, 9.17) is 0 Å². The lowest BCUT2D eigenvalue weighted by Gasteiger charge is -2.37. The lowest BCUT2D eigenvalue weighted by atomic mass is 10.1. The fourth-order valence-electron chi connectivity index (χ4n) is 1.95. The van der Waals surface area contributed by atoms with Gasteiger partial charge in [-0.2, -0.15) is 0 Å². The normalized spacial score (nSPS) is 18.1. The molecule has 1 N–H and O–H groups in total. The first-order valence-corrected chi connectivity index (χ1v) is 5.93. The summed E-state index contributed by atoms with van der Waals surface area (Å²) in [6.45, 7) is 4.70. The van der Waals surface area contributed by atoms with Crippen molar-refractivity contribution in [3.63, 3.8) is 0 Å². The van der Waals surface area contributed by atoms with E-state index in [1.54, 1.807) is 11.0 Å². The van der Waals surface area contributed by atoms with E-state index in [0.29, 0.717) is 19.5 Å². The van der Waals surface area contributed by atoms with Crippen LogP contribution in [0.4, 0.5) is 0 Å². The van der Waals surface area contributed by atoms with Crippen LogP contribution in [0.5, 0.6) is 0 Å². The number of β-lactam (4-membered cyclic amide) rings is 1. The molecule has 1 aliphatic rings. The third-order valence-electron chi connectivity index (χ3n) is 2.90. The molecular weight excluding hydrogens is 228 g/mol. The van der Waals surface area contributed by atoms with Gasteiger partial charge in [-0.1, -0.05) is 36.4 Å². The molecule has 1 aromatic carbocycles. The number of hydrogen-bond acceptors (Lipinski definition) is 2. The molecule has 1 heterocycles. The van der Waals surface area contributed by atoms with Crippen molar-refractivity contribution >= 4 is 11.8 Å². The van der Waals surface area contributed by atoms with E-state index < -0.39 is 0 Å². The lowest BCUT2D eigenvalue weighted by Crippen LogP contribution is -2.63. The summed E-state index contributed by atoms with van der Waals surface area (Å²) in [5, 5.41) is 2.74. The van der Waals surface area contributed by atoms with E-state index in [1.165, 1.54) is 0 Å². The molecule has 1 unspecified atom stereocenters. The zero-order valence-electron chi connectivity index (χ0n) is 10.1. The molecule has 94 valence electrons. The maximum atomic E-state index is 11.7. The minimum atomic E-state index is -0.360. The molecule has 4 nitrogen and oxygen atoms in total. The van der Waals surface area contributed by atoms with E-state index in [1.807, 2.05) is 30.3 Å². The highest BCUT2D eigenvalue weighted by Gasteiger charge is 2.36. The average molecular weight is 244 g/mol. The van der Waals surface area contributed by atoms with Crippen molar-refractivity contribution in [3.05, 3.63) is 48.6 Å². The van der Waals surface area contributed by atoms with Crippen molar-refractivity contribution in [1.82, 2.24) is 10.2 Å². The first-order valence-electron chi connectivity index (χ1n) is 5.93. The van der Waals surface area contributed by atoms with E-state index in [0.717, 1.165) is 5.56 Å². The molecule has 0 spiro atoms. The molecule has 18 heavy (non-hydrogen) atoms. The summed E-state index contributed by atoms with van der Waals surface area (Å²) in [6.07, 6.45) is 1.99. The minimum Gasteiger partial charge on any atom is -0.342 e. The Morgan fingerprint density at radius 2 is 2.17 bits per heavy atom. The van der Waals surface area contributed by atoms with Crippen LogP contribution in [-0.4, -0.2) is 35.8 Å². The topological polar surface area (TPSA) is 49.4 Å². The van der Waals surface area contributed by atoms with Crippen LogP contribution in [0.15, 0.2) is 43.0 Å². The van der Waals surface area contributed by atoms with Gasteiger partial charge in [-0.15, -0.1) is 6.58 Å². The van der Waals surface area contributed by atoms with Crippen LogP contribution in [0.1, 0.15) is 5.56 Å². The Kier molecular flexibility index (Phi) is 3.77. The van der Waals surface area contributed by atoms with Gasteiger partial charge in [0.05, 0.1) is 13.0 Å². The maximum absolute atomic E-state index is 11.7. The fourth-order valence-corrected chi connectivity index (χ4v) is 1.95. The van der Waals surface area contributed by atoms with Gasteiger partial charge in [0, 0.05) is 6.54 Å². The highest BCUT2D eigenvalue weighted by atomic mass is 16.2. The average Bonchev–Trinajstić information content (AvgIpc) is 2.38. The second kappa shape index (κ2) is 5.49. The van der Waals surface area contributed by atoms with E-state index in [9.17, 15) is 9.59 Å². The molecule has 0 saturated carbocycles. The Balaban J connectivity index is 1.80. The zero-order chi connectivity index (χ0) is 13.0. The van der Waals surface area contributed by atoms with Gasteiger partial charge >= 0.3 is 0 Å². The Labute approximate surface area is 106 Å². The monoisotopic (exact) mass is 244 g/mol. The molecule has 1 aromatic rings. The molecule has 1 aliphatic heterocycles.